The molecule has 3 aromatic rings. The van der Waals surface area contributed by atoms with Crippen molar-refractivity contribution >= 4 is 5.97 Å². The number of esters is 1. The molecule has 1 aliphatic rings. The molecule has 0 aromatic heterocycles. The monoisotopic (exact) mass is 538 g/mol. The van der Waals surface area contributed by atoms with E-state index in [0.29, 0.717) is 31.4 Å². The highest BCUT2D eigenvalue weighted by Crippen LogP contribution is 2.36. The Bertz CT molecular complexity index is 1350. The standard InChI is InChI=1S/C27H20F6O5/c1-2-3-15-13-35-26(36-14-15)16-4-8-20(23(30)10-16)27(32,33)38-18-5-7-19(22(29)12-18)25(34)37-17-6-9-21(28)24(31)11-17/h2-12,15,26H,13-14H2,1H3/b3-2+. The molecule has 3 aromatic carbocycles. The molecule has 0 aliphatic carbocycles. The Balaban J connectivity index is 1.44. The van der Waals surface area contributed by atoms with E-state index in [1.807, 2.05) is 19.1 Å². The third-order valence-electron chi connectivity index (χ3n) is 5.47. The largest absolute Gasteiger partial charge is 0.429 e. The van der Waals surface area contributed by atoms with Gasteiger partial charge >= 0.3 is 12.1 Å². The molecule has 0 atom stereocenters. The van der Waals surface area contributed by atoms with Crippen LogP contribution in [0.1, 0.15) is 34.7 Å². The van der Waals surface area contributed by atoms with Crippen molar-refractivity contribution in [2.45, 2.75) is 19.3 Å². The third kappa shape index (κ3) is 6.17. The van der Waals surface area contributed by atoms with Gasteiger partial charge < -0.3 is 18.9 Å². The topological polar surface area (TPSA) is 54.0 Å². The molecule has 0 N–H and O–H groups in total. The van der Waals surface area contributed by atoms with Gasteiger partial charge in [-0.3, -0.25) is 0 Å². The number of carbonyl (C=O) groups excluding carboxylic acids is 1. The Kier molecular flexibility index (Phi) is 8.08. The summed E-state index contributed by atoms with van der Waals surface area (Å²) in [6.07, 6.45) is -1.41. The first-order valence-electron chi connectivity index (χ1n) is 11.3. The number of alkyl halides is 2. The zero-order chi connectivity index (χ0) is 27.4. The Morgan fingerprint density at radius 1 is 0.868 bits per heavy atom. The van der Waals surface area contributed by atoms with E-state index in [4.69, 9.17) is 14.2 Å². The second-order valence-electron chi connectivity index (χ2n) is 8.25. The first-order chi connectivity index (χ1) is 18.1. The Labute approximate surface area is 213 Å². The fraction of sp³-hybridized carbons (Fsp3) is 0.222. The maximum atomic E-state index is 14.7. The third-order valence-corrected chi connectivity index (χ3v) is 5.47. The fourth-order valence-electron chi connectivity index (χ4n) is 3.64. The first-order valence-corrected chi connectivity index (χ1v) is 11.3. The molecule has 11 heteroatoms. The summed E-state index contributed by atoms with van der Waals surface area (Å²) in [4.78, 5) is 12.2. The zero-order valence-electron chi connectivity index (χ0n) is 19.7. The SMILES string of the molecule is C/C=C/C1COC(c2ccc(C(F)(F)Oc3ccc(C(=O)Oc4ccc(F)c(F)c4)c(F)c3)c(F)c2)OC1. The molecule has 5 nitrogen and oxygen atoms in total. The minimum absolute atomic E-state index is 0.0256. The van der Waals surface area contributed by atoms with Gasteiger partial charge in [0.25, 0.3) is 0 Å². The molecular formula is C27H20F6O5. The van der Waals surface area contributed by atoms with E-state index in [2.05, 4.69) is 4.74 Å². The Morgan fingerprint density at radius 2 is 1.55 bits per heavy atom. The van der Waals surface area contributed by atoms with E-state index in [0.717, 1.165) is 30.3 Å². The molecule has 1 saturated heterocycles. The molecule has 0 spiro atoms. The van der Waals surface area contributed by atoms with Crippen LogP contribution in [0.4, 0.5) is 26.3 Å². The van der Waals surface area contributed by atoms with Crippen LogP contribution < -0.4 is 9.47 Å². The lowest BCUT2D eigenvalue weighted by Gasteiger charge is -2.28. The summed E-state index contributed by atoms with van der Waals surface area (Å²) in [7, 11) is 0. The molecule has 0 radical (unpaired) electrons. The maximum absolute atomic E-state index is 14.7. The summed E-state index contributed by atoms with van der Waals surface area (Å²) in [5.41, 5.74) is -1.62. The normalized spacial score (nSPS) is 18.0. The minimum atomic E-state index is -4.21. The number of ether oxygens (including phenoxy) is 4. The van der Waals surface area contributed by atoms with E-state index in [1.54, 1.807) is 0 Å². The second kappa shape index (κ2) is 11.3. The van der Waals surface area contributed by atoms with Gasteiger partial charge in [-0.05, 0) is 43.3 Å². The van der Waals surface area contributed by atoms with Crippen LogP contribution in [0.15, 0.2) is 66.7 Å². The molecule has 200 valence electrons. The van der Waals surface area contributed by atoms with Gasteiger partial charge in [-0.15, -0.1) is 0 Å². The van der Waals surface area contributed by atoms with Gasteiger partial charge in [-0.2, -0.15) is 8.78 Å². The van der Waals surface area contributed by atoms with Crippen molar-refractivity contribution in [1.29, 1.82) is 0 Å². The molecule has 0 unspecified atom stereocenters. The number of halogens is 6. The lowest BCUT2D eigenvalue weighted by atomic mass is 10.1. The summed E-state index contributed by atoms with van der Waals surface area (Å²) in [6, 6.07) is 7.19. The second-order valence-corrected chi connectivity index (χ2v) is 8.25. The average Bonchev–Trinajstić information content (AvgIpc) is 2.86. The minimum Gasteiger partial charge on any atom is -0.429 e. The smallest absolute Gasteiger partial charge is 0.429 e. The van der Waals surface area contributed by atoms with E-state index >= 15 is 0 Å². The number of hydrogen-bond donors (Lipinski definition) is 0. The number of carbonyl (C=O) groups is 1. The van der Waals surface area contributed by atoms with Crippen LogP contribution >= 0.6 is 0 Å². The first kappa shape index (κ1) is 27.2. The van der Waals surface area contributed by atoms with Crippen molar-refractivity contribution in [3.8, 4) is 11.5 Å². The van der Waals surface area contributed by atoms with Gasteiger partial charge in [0.05, 0.1) is 24.3 Å². The van der Waals surface area contributed by atoms with Crippen LogP contribution in [-0.2, 0) is 15.6 Å². The van der Waals surface area contributed by atoms with Crippen LogP contribution in [0.5, 0.6) is 11.5 Å². The van der Waals surface area contributed by atoms with E-state index < -0.39 is 64.3 Å². The highest BCUT2D eigenvalue weighted by atomic mass is 19.3. The van der Waals surface area contributed by atoms with E-state index in [1.165, 1.54) is 6.07 Å². The van der Waals surface area contributed by atoms with Crippen LogP contribution in [-0.4, -0.2) is 19.2 Å². The van der Waals surface area contributed by atoms with Crippen molar-refractivity contribution in [2.75, 3.05) is 13.2 Å². The maximum Gasteiger partial charge on any atom is 0.429 e. The van der Waals surface area contributed by atoms with Crippen LogP contribution in [0.25, 0.3) is 0 Å². The van der Waals surface area contributed by atoms with Crippen molar-refractivity contribution in [3.63, 3.8) is 0 Å². The summed E-state index contributed by atoms with van der Waals surface area (Å²) in [6.45, 7) is 2.47. The lowest BCUT2D eigenvalue weighted by Crippen LogP contribution is -2.27. The van der Waals surface area contributed by atoms with Crippen LogP contribution in [0, 0.1) is 29.2 Å². The van der Waals surface area contributed by atoms with Crippen LogP contribution in [0.2, 0.25) is 0 Å². The molecule has 4 rings (SSSR count). The summed E-state index contributed by atoms with van der Waals surface area (Å²) >= 11 is 0. The molecule has 0 saturated carbocycles. The van der Waals surface area contributed by atoms with Crippen molar-refractivity contribution < 1.29 is 50.1 Å². The van der Waals surface area contributed by atoms with Crippen LogP contribution in [0.3, 0.4) is 0 Å². The predicted molar refractivity (Wildman–Crippen MR) is 122 cm³/mol. The summed E-state index contributed by atoms with van der Waals surface area (Å²) < 4.78 is 105. The van der Waals surface area contributed by atoms with Gasteiger partial charge in [-0.25, -0.2) is 22.4 Å². The quantitative estimate of drug-likeness (QED) is 0.143. The van der Waals surface area contributed by atoms with E-state index in [-0.39, 0.29) is 11.5 Å². The molecule has 1 fully saturated rings. The highest BCUT2D eigenvalue weighted by Gasteiger charge is 2.38. The molecule has 38 heavy (non-hydrogen) atoms. The number of rotatable bonds is 7. The summed E-state index contributed by atoms with van der Waals surface area (Å²) in [5.74, 6) is -7.46. The number of benzene rings is 3. The van der Waals surface area contributed by atoms with Gasteiger partial charge in [0.2, 0.25) is 0 Å². The van der Waals surface area contributed by atoms with E-state index in [9.17, 15) is 31.1 Å². The molecule has 1 aliphatic heterocycles. The van der Waals surface area contributed by atoms with Crippen molar-refractivity contribution in [1.82, 2.24) is 0 Å². The van der Waals surface area contributed by atoms with Gasteiger partial charge in [-0.1, -0.05) is 18.2 Å². The fourth-order valence-corrected chi connectivity index (χ4v) is 3.64. The number of hydrogen-bond acceptors (Lipinski definition) is 5. The average molecular weight is 538 g/mol. The lowest BCUT2D eigenvalue weighted by molar-refractivity contribution is -0.198. The predicted octanol–water partition coefficient (Wildman–Crippen LogP) is 6.83. The molecule has 0 bridgehead atoms. The molecule has 0 amide bonds. The Hall–Kier alpha value is -3.83. The Morgan fingerprint density at radius 3 is 2.18 bits per heavy atom. The van der Waals surface area contributed by atoms with Gasteiger partial charge in [0.15, 0.2) is 17.9 Å². The summed E-state index contributed by atoms with van der Waals surface area (Å²) in [5, 5.41) is 0. The van der Waals surface area contributed by atoms with Crippen molar-refractivity contribution in [3.05, 3.63) is 107 Å². The number of allylic oxidation sites excluding steroid dienone is 1. The van der Waals surface area contributed by atoms with Gasteiger partial charge in [0, 0.05) is 23.6 Å². The van der Waals surface area contributed by atoms with Gasteiger partial charge in [0.1, 0.15) is 23.1 Å². The molecular weight excluding hydrogens is 518 g/mol. The molecule has 1 heterocycles. The highest BCUT2D eigenvalue weighted by molar-refractivity contribution is 5.91. The zero-order valence-corrected chi connectivity index (χ0v) is 19.7. The van der Waals surface area contributed by atoms with Crippen molar-refractivity contribution in [2.24, 2.45) is 5.92 Å².